The van der Waals surface area contributed by atoms with Gasteiger partial charge in [0.25, 0.3) is 0 Å². The number of benzene rings is 1. The van der Waals surface area contributed by atoms with Gasteiger partial charge in [-0.05, 0) is 38.0 Å². The molecule has 3 N–H and O–H groups in total. The monoisotopic (exact) mass is 387 g/mol. The zero-order valence-electron chi connectivity index (χ0n) is 16.5. The van der Waals surface area contributed by atoms with Gasteiger partial charge in [-0.2, -0.15) is 8.78 Å². The number of hydrogen-bond acceptors (Lipinski definition) is 4. The van der Waals surface area contributed by atoms with E-state index in [4.69, 9.17) is 4.74 Å². The summed E-state index contributed by atoms with van der Waals surface area (Å²) in [6.45, 7) is 4.52. The quantitative estimate of drug-likeness (QED) is 0.402. The van der Waals surface area contributed by atoms with E-state index in [1.807, 2.05) is 20.8 Å². The number of halogens is 2. The first-order valence-corrected chi connectivity index (χ1v) is 9.18. The lowest BCUT2D eigenvalue weighted by Gasteiger charge is -2.30. The Morgan fingerprint density at radius 3 is 2.44 bits per heavy atom. The minimum absolute atomic E-state index is 0.0669. The van der Waals surface area contributed by atoms with Crippen LogP contribution in [0.15, 0.2) is 23.2 Å². The molecule has 0 saturated heterocycles. The maximum absolute atomic E-state index is 12.6. The zero-order valence-corrected chi connectivity index (χ0v) is 16.5. The molecule has 1 aromatic carbocycles. The molecule has 0 aliphatic rings. The van der Waals surface area contributed by atoms with Crippen LogP contribution in [0.25, 0.3) is 0 Å². The fourth-order valence-electron chi connectivity index (χ4n) is 2.57. The van der Waals surface area contributed by atoms with Crippen molar-refractivity contribution >= 4 is 5.96 Å². The van der Waals surface area contributed by atoms with Crippen molar-refractivity contribution in [3.8, 4) is 11.5 Å². The van der Waals surface area contributed by atoms with Crippen molar-refractivity contribution < 1.29 is 23.4 Å². The smallest absolute Gasteiger partial charge is 0.387 e. The second-order valence-electron chi connectivity index (χ2n) is 6.27. The number of aliphatic imine (C=N–C) groups is 1. The molecule has 0 amide bonds. The summed E-state index contributed by atoms with van der Waals surface area (Å²) in [6.07, 6.45) is 1.66. The summed E-state index contributed by atoms with van der Waals surface area (Å²) in [5, 5.41) is 16.1. The number of nitrogens with one attached hydrogen (secondary N) is 2. The van der Waals surface area contributed by atoms with Gasteiger partial charge in [0.2, 0.25) is 0 Å². The van der Waals surface area contributed by atoms with E-state index in [0.29, 0.717) is 30.4 Å². The van der Waals surface area contributed by atoms with Gasteiger partial charge in [0.15, 0.2) is 5.96 Å². The third-order valence-corrected chi connectivity index (χ3v) is 4.70. The van der Waals surface area contributed by atoms with Gasteiger partial charge in [-0.25, -0.2) is 4.99 Å². The first-order valence-electron chi connectivity index (χ1n) is 9.18. The van der Waals surface area contributed by atoms with Gasteiger partial charge < -0.3 is 25.2 Å². The third-order valence-electron chi connectivity index (χ3n) is 4.70. The summed E-state index contributed by atoms with van der Waals surface area (Å²) < 4.78 is 35.0. The van der Waals surface area contributed by atoms with E-state index < -0.39 is 6.61 Å². The van der Waals surface area contributed by atoms with Crippen LogP contribution in [0.5, 0.6) is 11.5 Å². The molecule has 0 bridgehead atoms. The topological polar surface area (TPSA) is 75.1 Å². The van der Waals surface area contributed by atoms with Crippen molar-refractivity contribution in [1.29, 1.82) is 0 Å². The van der Waals surface area contributed by atoms with Gasteiger partial charge in [-0.3, -0.25) is 0 Å². The highest BCUT2D eigenvalue weighted by Gasteiger charge is 2.25. The largest absolute Gasteiger partial charge is 0.497 e. The molecule has 0 radical (unpaired) electrons. The molecule has 0 aliphatic carbocycles. The molecule has 0 aliphatic heterocycles. The fourth-order valence-corrected chi connectivity index (χ4v) is 2.57. The maximum atomic E-state index is 12.6. The molecule has 1 aromatic rings. The molecule has 8 heteroatoms. The predicted molar refractivity (Wildman–Crippen MR) is 103 cm³/mol. The van der Waals surface area contributed by atoms with E-state index in [1.165, 1.54) is 13.2 Å². The fraction of sp³-hybridized carbons (Fsp3) is 0.632. The highest BCUT2D eigenvalue weighted by atomic mass is 19.3. The molecule has 1 rings (SSSR count). The molecular weight excluding hydrogens is 356 g/mol. The molecule has 0 spiro atoms. The number of alkyl halides is 2. The van der Waals surface area contributed by atoms with Gasteiger partial charge in [0, 0.05) is 24.1 Å². The number of ether oxygens (including phenoxy) is 2. The van der Waals surface area contributed by atoms with Crippen molar-refractivity contribution in [2.45, 2.75) is 46.8 Å². The average Bonchev–Trinajstić information content (AvgIpc) is 2.67. The van der Waals surface area contributed by atoms with Crippen LogP contribution >= 0.6 is 0 Å². The molecule has 0 atom stereocenters. The Morgan fingerprint density at radius 1 is 1.22 bits per heavy atom. The van der Waals surface area contributed by atoms with E-state index in [0.717, 1.165) is 12.8 Å². The Morgan fingerprint density at radius 2 is 1.93 bits per heavy atom. The number of rotatable bonds is 11. The number of nitrogens with zero attached hydrogens (tertiary/aromatic N) is 1. The lowest BCUT2D eigenvalue weighted by molar-refractivity contribution is -0.0504. The van der Waals surface area contributed by atoms with Gasteiger partial charge in [-0.15, -0.1) is 0 Å². The van der Waals surface area contributed by atoms with Crippen molar-refractivity contribution in [2.24, 2.45) is 10.4 Å². The number of aliphatic hydroxyl groups is 1. The number of aliphatic hydroxyl groups excluding tert-OH is 1. The first kappa shape index (κ1) is 23.0. The second-order valence-corrected chi connectivity index (χ2v) is 6.27. The Bertz CT molecular complexity index is 585. The lowest BCUT2D eigenvalue weighted by Crippen LogP contribution is -2.44. The number of guanidine groups is 1. The molecule has 0 saturated carbocycles. The lowest BCUT2D eigenvalue weighted by atomic mass is 9.83. The summed E-state index contributed by atoms with van der Waals surface area (Å²) in [4.78, 5) is 4.47. The van der Waals surface area contributed by atoms with Crippen LogP contribution in [0.4, 0.5) is 8.78 Å². The van der Waals surface area contributed by atoms with Gasteiger partial charge in [0.05, 0.1) is 20.3 Å². The second kappa shape index (κ2) is 11.6. The van der Waals surface area contributed by atoms with Gasteiger partial charge in [-0.1, -0.05) is 13.8 Å². The molecule has 0 unspecified atom stereocenters. The number of hydrogen-bond donors (Lipinski definition) is 3. The molecule has 0 heterocycles. The minimum Gasteiger partial charge on any atom is -0.497 e. The van der Waals surface area contributed by atoms with E-state index in [-0.39, 0.29) is 24.3 Å². The SMILES string of the molecule is CCNC(=NCc1cc(OC)ccc1OC(F)F)NCC(CC)(CC)CO. The molecule has 0 fully saturated rings. The van der Waals surface area contributed by atoms with Crippen molar-refractivity contribution in [3.05, 3.63) is 23.8 Å². The van der Waals surface area contributed by atoms with Crippen LogP contribution in [0.2, 0.25) is 0 Å². The Labute approximate surface area is 160 Å². The summed E-state index contributed by atoms with van der Waals surface area (Å²) in [5.74, 6) is 1.15. The molecule has 154 valence electrons. The molecule has 27 heavy (non-hydrogen) atoms. The highest BCUT2D eigenvalue weighted by Crippen LogP contribution is 2.27. The Hall–Kier alpha value is -2.09. The van der Waals surface area contributed by atoms with Gasteiger partial charge >= 0.3 is 6.61 Å². The average molecular weight is 387 g/mol. The van der Waals surface area contributed by atoms with Crippen molar-refractivity contribution in [2.75, 3.05) is 26.8 Å². The molecule has 0 aromatic heterocycles. The summed E-state index contributed by atoms with van der Waals surface area (Å²) >= 11 is 0. The van der Waals surface area contributed by atoms with Gasteiger partial charge in [0.1, 0.15) is 11.5 Å². The standard InChI is InChI=1S/C19H31F2N3O3/c1-5-19(6-2,13-25)12-24-18(22-7-3)23-11-14-10-15(26-4)8-9-16(14)27-17(20)21/h8-10,17,25H,5-7,11-13H2,1-4H3,(H2,22,23,24). The van der Waals surface area contributed by atoms with Crippen LogP contribution in [0, 0.1) is 5.41 Å². The normalized spacial score (nSPS) is 12.2. The molecular formula is C19H31F2N3O3. The first-order chi connectivity index (χ1) is 12.9. The van der Waals surface area contributed by atoms with Crippen LogP contribution in [-0.2, 0) is 6.54 Å². The summed E-state index contributed by atoms with van der Waals surface area (Å²) in [6, 6.07) is 4.63. The number of methoxy groups -OCH3 is 1. The zero-order chi connectivity index (χ0) is 20.3. The van der Waals surface area contributed by atoms with E-state index in [1.54, 1.807) is 12.1 Å². The predicted octanol–water partition coefficient (Wildman–Crippen LogP) is 3.15. The molecule has 6 nitrogen and oxygen atoms in total. The van der Waals surface area contributed by atoms with Crippen LogP contribution in [-0.4, -0.2) is 44.5 Å². The van der Waals surface area contributed by atoms with Crippen LogP contribution in [0.1, 0.15) is 39.2 Å². The maximum Gasteiger partial charge on any atom is 0.387 e. The Balaban J connectivity index is 2.96. The minimum atomic E-state index is -2.91. The van der Waals surface area contributed by atoms with Crippen molar-refractivity contribution in [3.63, 3.8) is 0 Å². The van der Waals surface area contributed by atoms with Crippen molar-refractivity contribution in [1.82, 2.24) is 10.6 Å². The van der Waals surface area contributed by atoms with E-state index in [2.05, 4.69) is 20.4 Å². The van der Waals surface area contributed by atoms with E-state index in [9.17, 15) is 13.9 Å². The highest BCUT2D eigenvalue weighted by molar-refractivity contribution is 5.79. The third kappa shape index (κ3) is 7.21. The van der Waals surface area contributed by atoms with E-state index >= 15 is 0 Å². The summed E-state index contributed by atoms with van der Waals surface area (Å²) in [7, 11) is 1.51. The van der Waals surface area contributed by atoms with Crippen LogP contribution < -0.4 is 20.1 Å². The summed E-state index contributed by atoms with van der Waals surface area (Å²) in [5.41, 5.74) is 0.266. The van der Waals surface area contributed by atoms with Crippen LogP contribution in [0.3, 0.4) is 0 Å². The Kier molecular flexibility index (Phi) is 9.85.